The molecule has 3 rings (SSSR count). The molecule has 0 unspecified atom stereocenters. The van der Waals surface area contributed by atoms with E-state index >= 15 is 0 Å². The number of nitrogens with one attached hydrogen (secondary N) is 1. The van der Waals surface area contributed by atoms with E-state index in [9.17, 15) is 0 Å². The SMILES string of the molecule is NC(=S)c1cccnc1.Nc1ncnc2nc[nH]c12.[K]. The number of pyridine rings is 1. The van der Waals surface area contributed by atoms with Gasteiger partial charge in [-0.15, -0.1) is 0 Å². The van der Waals surface area contributed by atoms with Gasteiger partial charge in [0.05, 0.1) is 6.33 Å². The number of rotatable bonds is 1. The number of thiocarbonyl (C=S) groups is 1. The van der Waals surface area contributed by atoms with Crippen molar-refractivity contribution >= 4 is 85.6 Å². The van der Waals surface area contributed by atoms with Gasteiger partial charge in [0.2, 0.25) is 0 Å². The van der Waals surface area contributed by atoms with Gasteiger partial charge in [0, 0.05) is 69.3 Å². The number of nitrogens with two attached hydrogens (primary N) is 2. The fourth-order valence-electron chi connectivity index (χ4n) is 1.29. The monoisotopic (exact) mass is 312 g/mol. The molecule has 1 radical (unpaired) electrons. The summed E-state index contributed by atoms with van der Waals surface area (Å²) in [6, 6.07) is 3.63. The van der Waals surface area contributed by atoms with Gasteiger partial charge in [-0.25, -0.2) is 15.0 Å². The topological polar surface area (TPSA) is 119 Å². The molecular formula is C11H11KN7S. The van der Waals surface area contributed by atoms with Crippen molar-refractivity contribution < 1.29 is 0 Å². The van der Waals surface area contributed by atoms with E-state index in [1.54, 1.807) is 18.5 Å². The van der Waals surface area contributed by atoms with Crippen molar-refractivity contribution in [3.05, 3.63) is 42.7 Å². The first-order chi connectivity index (χ1) is 9.18. The first kappa shape index (κ1) is 17.1. The van der Waals surface area contributed by atoms with Crippen molar-refractivity contribution in [3.8, 4) is 0 Å². The minimum Gasteiger partial charge on any atom is -0.389 e. The number of hydrogen-bond donors (Lipinski definition) is 3. The molecule has 20 heavy (non-hydrogen) atoms. The van der Waals surface area contributed by atoms with Crippen LogP contribution in [0.25, 0.3) is 11.2 Å². The first-order valence-electron chi connectivity index (χ1n) is 5.28. The third-order valence-electron chi connectivity index (χ3n) is 2.20. The quantitative estimate of drug-likeness (QED) is 0.436. The van der Waals surface area contributed by atoms with Gasteiger partial charge in [0.1, 0.15) is 16.8 Å². The Balaban J connectivity index is 0.000000192. The predicted octanol–water partition coefficient (Wildman–Crippen LogP) is 0.270. The van der Waals surface area contributed by atoms with Crippen molar-refractivity contribution in [1.29, 1.82) is 0 Å². The summed E-state index contributed by atoms with van der Waals surface area (Å²) in [7, 11) is 0. The van der Waals surface area contributed by atoms with Crippen molar-refractivity contribution in [1.82, 2.24) is 24.9 Å². The Labute approximate surface area is 163 Å². The Kier molecular flexibility index (Phi) is 7.13. The zero-order valence-electron chi connectivity index (χ0n) is 10.8. The Hall–Kier alpha value is -0.974. The van der Waals surface area contributed by atoms with Gasteiger partial charge in [-0.05, 0) is 12.1 Å². The van der Waals surface area contributed by atoms with Crippen LogP contribution in [0.15, 0.2) is 37.2 Å². The second-order valence-electron chi connectivity index (χ2n) is 3.47. The summed E-state index contributed by atoms with van der Waals surface area (Å²) in [6.07, 6.45) is 6.25. The first-order valence-corrected chi connectivity index (χ1v) is 5.68. The molecule has 7 nitrogen and oxygen atoms in total. The average molecular weight is 312 g/mol. The molecule has 0 atom stereocenters. The van der Waals surface area contributed by atoms with Crippen LogP contribution in [0.3, 0.4) is 0 Å². The molecule has 0 aliphatic carbocycles. The van der Waals surface area contributed by atoms with Crippen LogP contribution >= 0.6 is 12.2 Å². The van der Waals surface area contributed by atoms with Crippen LogP contribution < -0.4 is 11.5 Å². The molecule has 0 aromatic carbocycles. The molecular weight excluding hydrogens is 301 g/mol. The summed E-state index contributed by atoms with van der Waals surface area (Å²) >= 11 is 4.70. The molecule has 0 saturated heterocycles. The number of aromatic amines is 1. The Morgan fingerprint density at radius 1 is 1.25 bits per heavy atom. The number of imidazole rings is 1. The normalized spacial score (nSPS) is 9.20. The van der Waals surface area contributed by atoms with Crippen LogP contribution in [-0.2, 0) is 0 Å². The van der Waals surface area contributed by atoms with Crippen molar-refractivity contribution in [2.24, 2.45) is 5.73 Å². The molecule has 5 N–H and O–H groups in total. The van der Waals surface area contributed by atoms with E-state index in [1.807, 2.05) is 6.07 Å². The molecule has 0 spiro atoms. The summed E-state index contributed by atoms with van der Waals surface area (Å²) in [4.78, 5) is 18.6. The fourth-order valence-corrected chi connectivity index (χ4v) is 1.41. The second-order valence-corrected chi connectivity index (χ2v) is 3.91. The number of nitrogen functional groups attached to an aromatic ring is 1. The molecule has 3 aromatic heterocycles. The number of hydrogen-bond acceptors (Lipinski definition) is 6. The molecule has 0 aliphatic heterocycles. The zero-order chi connectivity index (χ0) is 13.7. The number of nitrogens with zero attached hydrogens (tertiary/aromatic N) is 4. The summed E-state index contributed by atoms with van der Waals surface area (Å²) in [6.45, 7) is 0. The van der Waals surface area contributed by atoms with E-state index in [2.05, 4.69) is 24.9 Å². The molecule has 97 valence electrons. The number of anilines is 1. The standard InChI is InChI=1S/C6H6N2S.C5H5N5.K/c7-6(9)5-2-1-3-8-4-5;6-4-3-5(9-1-7-3)10-2-8-4;/h1-4H,(H2,7,9);1-2H,(H3,6,7,8,9,10);. The molecule has 3 heterocycles. The van der Waals surface area contributed by atoms with Crippen molar-refractivity contribution in [2.75, 3.05) is 5.73 Å². The van der Waals surface area contributed by atoms with E-state index in [0.29, 0.717) is 22.0 Å². The van der Waals surface area contributed by atoms with Crippen LogP contribution in [0.5, 0.6) is 0 Å². The molecule has 0 bridgehead atoms. The zero-order valence-corrected chi connectivity index (χ0v) is 14.8. The molecule has 3 aromatic rings. The molecule has 9 heteroatoms. The van der Waals surface area contributed by atoms with Crippen molar-refractivity contribution in [2.45, 2.75) is 0 Å². The van der Waals surface area contributed by atoms with Crippen LogP contribution in [0.2, 0.25) is 0 Å². The number of aromatic nitrogens is 5. The summed E-state index contributed by atoms with van der Waals surface area (Å²) in [5.41, 5.74) is 12.9. The van der Waals surface area contributed by atoms with Gasteiger partial charge in [-0.3, -0.25) is 4.98 Å². The van der Waals surface area contributed by atoms with Crippen molar-refractivity contribution in [3.63, 3.8) is 0 Å². The molecule has 0 fully saturated rings. The van der Waals surface area contributed by atoms with Gasteiger partial charge in [0.25, 0.3) is 0 Å². The van der Waals surface area contributed by atoms with E-state index < -0.39 is 0 Å². The van der Waals surface area contributed by atoms with Crippen LogP contribution in [0, 0.1) is 0 Å². The van der Waals surface area contributed by atoms with E-state index in [4.69, 9.17) is 23.7 Å². The second kappa shape index (κ2) is 8.34. The fraction of sp³-hybridized carbons (Fsp3) is 0. The number of fused-ring (bicyclic) bond motifs is 1. The van der Waals surface area contributed by atoms with E-state index in [1.165, 1.54) is 12.7 Å². The smallest absolute Gasteiger partial charge is 0.182 e. The minimum atomic E-state index is 0. The Morgan fingerprint density at radius 2 is 2.05 bits per heavy atom. The van der Waals surface area contributed by atoms with E-state index in [0.717, 1.165) is 5.56 Å². The number of H-pyrrole nitrogens is 1. The Morgan fingerprint density at radius 3 is 2.60 bits per heavy atom. The summed E-state index contributed by atoms with van der Waals surface area (Å²) < 4.78 is 0. The average Bonchev–Trinajstić information content (AvgIpc) is 2.90. The van der Waals surface area contributed by atoms with E-state index in [-0.39, 0.29) is 51.4 Å². The van der Waals surface area contributed by atoms with Gasteiger partial charge < -0.3 is 16.5 Å². The summed E-state index contributed by atoms with van der Waals surface area (Å²) in [5.74, 6) is 0.433. The van der Waals surface area contributed by atoms with Gasteiger partial charge >= 0.3 is 0 Å². The Bertz CT molecular complexity index is 685. The maximum Gasteiger partial charge on any atom is 0.182 e. The predicted molar refractivity (Wildman–Crippen MR) is 82.0 cm³/mol. The minimum absolute atomic E-state index is 0. The molecule has 0 aliphatic rings. The molecule has 0 amide bonds. The van der Waals surface area contributed by atoms with Gasteiger partial charge in [0.15, 0.2) is 11.5 Å². The van der Waals surface area contributed by atoms with Gasteiger partial charge in [-0.2, -0.15) is 0 Å². The summed E-state index contributed by atoms with van der Waals surface area (Å²) in [5, 5.41) is 0. The molecule has 0 saturated carbocycles. The van der Waals surface area contributed by atoms with Gasteiger partial charge in [-0.1, -0.05) is 12.2 Å². The van der Waals surface area contributed by atoms with Crippen LogP contribution in [-0.4, -0.2) is 81.3 Å². The third kappa shape index (κ3) is 4.54. The van der Waals surface area contributed by atoms with Crippen LogP contribution in [0.1, 0.15) is 5.56 Å². The van der Waals surface area contributed by atoms with Crippen LogP contribution in [0.4, 0.5) is 5.82 Å². The largest absolute Gasteiger partial charge is 0.389 e. The maximum absolute atomic E-state index is 5.48. The maximum atomic E-state index is 5.48. The third-order valence-corrected chi connectivity index (χ3v) is 2.43.